The number of benzene rings is 1. The van der Waals surface area contributed by atoms with E-state index in [-0.39, 0.29) is 12.4 Å². The molecule has 1 N–H and O–H groups in total. The molecule has 19 heavy (non-hydrogen) atoms. The Morgan fingerprint density at radius 3 is 2.63 bits per heavy atom. The number of nitrogens with one attached hydrogen (secondary N) is 1. The molecule has 1 aromatic heterocycles. The van der Waals surface area contributed by atoms with Gasteiger partial charge in [0.05, 0.1) is 0 Å². The van der Waals surface area contributed by atoms with Crippen LogP contribution < -0.4 is 5.32 Å². The van der Waals surface area contributed by atoms with Crippen molar-refractivity contribution in [3.8, 4) is 0 Å². The van der Waals surface area contributed by atoms with Gasteiger partial charge in [-0.1, -0.05) is 28.9 Å². The Kier molecular flexibility index (Phi) is 4.80. The van der Waals surface area contributed by atoms with Gasteiger partial charge < -0.3 is 9.84 Å². The molecule has 0 unspecified atom stereocenters. The molecule has 4 nitrogen and oxygen atoms in total. The van der Waals surface area contributed by atoms with Crippen molar-refractivity contribution < 1.29 is 4.52 Å². The standard InChI is InChI=1S/C13H14ClN3O.ClH/c14-11-3-1-9(2-4-11)5-12-16-13(18-17-12)6-10-7-15-8-10;/h1-4,10,15H,5-8H2;1H. The molecule has 6 heteroatoms. The molecule has 0 saturated carbocycles. The Morgan fingerprint density at radius 2 is 2.00 bits per heavy atom. The highest BCUT2D eigenvalue weighted by Gasteiger charge is 2.20. The second-order valence-corrected chi connectivity index (χ2v) is 5.07. The normalized spacial score (nSPS) is 14.8. The van der Waals surface area contributed by atoms with Crippen LogP contribution in [0.3, 0.4) is 0 Å². The monoisotopic (exact) mass is 299 g/mol. The molecule has 2 heterocycles. The first-order valence-corrected chi connectivity index (χ1v) is 6.44. The third-order valence-electron chi connectivity index (χ3n) is 3.11. The summed E-state index contributed by atoms with van der Waals surface area (Å²) in [6, 6.07) is 7.71. The van der Waals surface area contributed by atoms with Crippen molar-refractivity contribution in [2.75, 3.05) is 13.1 Å². The summed E-state index contributed by atoms with van der Waals surface area (Å²) < 4.78 is 5.25. The molecular formula is C13H15Cl2N3O. The van der Waals surface area contributed by atoms with Gasteiger partial charge >= 0.3 is 0 Å². The van der Waals surface area contributed by atoms with Gasteiger partial charge in [-0.3, -0.25) is 0 Å². The lowest BCUT2D eigenvalue weighted by molar-refractivity contribution is 0.295. The summed E-state index contributed by atoms with van der Waals surface area (Å²) in [5, 5.41) is 7.98. The summed E-state index contributed by atoms with van der Waals surface area (Å²) in [5.41, 5.74) is 1.14. The Labute approximate surface area is 122 Å². The fourth-order valence-corrected chi connectivity index (χ4v) is 2.10. The molecule has 0 radical (unpaired) electrons. The van der Waals surface area contributed by atoms with Crippen LogP contribution >= 0.6 is 24.0 Å². The minimum absolute atomic E-state index is 0. The average molecular weight is 300 g/mol. The van der Waals surface area contributed by atoms with Gasteiger partial charge in [0.2, 0.25) is 5.89 Å². The van der Waals surface area contributed by atoms with Crippen molar-refractivity contribution in [1.29, 1.82) is 0 Å². The fourth-order valence-electron chi connectivity index (χ4n) is 1.97. The number of halogens is 2. The van der Waals surface area contributed by atoms with Crippen molar-refractivity contribution in [3.63, 3.8) is 0 Å². The van der Waals surface area contributed by atoms with E-state index in [1.54, 1.807) is 0 Å². The summed E-state index contributed by atoms with van der Waals surface area (Å²) in [4.78, 5) is 4.41. The average Bonchev–Trinajstić information content (AvgIpc) is 2.75. The second kappa shape index (κ2) is 6.37. The van der Waals surface area contributed by atoms with Gasteiger partial charge in [0.15, 0.2) is 5.82 Å². The number of hydrogen-bond acceptors (Lipinski definition) is 4. The Hall–Kier alpha value is -1.10. The zero-order valence-electron chi connectivity index (χ0n) is 10.3. The van der Waals surface area contributed by atoms with Crippen molar-refractivity contribution in [2.24, 2.45) is 5.92 Å². The van der Waals surface area contributed by atoms with Crippen LogP contribution in [0.15, 0.2) is 28.8 Å². The van der Waals surface area contributed by atoms with E-state index in [9.17, 15) is 0 Å². The first kappa shape index (κ1) is 14.3. The van der Waals surface area contributed by atoms with Crippen LogP contribution in [0.4, 0.5) is 0 Å². The maximum Gasteiger partial charge on any atom is 0.227 e. The van der Waals surface area contributed by atoms with Crippen molar-refractivity contribution >= 4 is 24.0 Å². The minimum atomic E-state index is 0. The molecule has 1 saturated heterocycles. The zero-order chi connectivity index (χ0) is 12.4. The Balaban J connectivity index is 0.00000133. The second-order valence-electron chi connectivity index (χ2n) is 4.64. The molecular weight excluding hydrogens is 285 g/mol. The summed E-state index contributed by atoms with van der Waals surface area (Å²) in [5.74, 6) is 2.12. The summed E-state index contributed by atoms with van der Waals surface area (Å²) in [6.45, 7) is 2.10. The largest absolute Gasteiger partial charge is 0.339 e. The van der Waals surface area contributed by atoms with Crippen molar-refractivity contribution in [1.82, 2.24) is 15.5 Å². The van der Waals surface area contributed by atoms with E-state index in [0.29, 0.717) is 12.3 Å². The highest BCUT2D eigenvalue weighted by atomic mass is 35.5. The number of hydrogen-bond donors (Lipinski definition) is 1. The van der Waals surface area contributed by atoms with Gasteiger partial charge in [0, 0.05) is 17.9 Å². The third-order valence-corrected chi connectivity index (χ3v) is 3.37. The van der Waals surface area contributed by atoms with E-state index < -0.39 is 0 Å². The first-order chi connectivity index (χ1) is 8.79. The minimum Gasteiger partial charge on any atom is -0.339 e. The van der Waals surface area contributed by atoms with E-state index in [1.165, 1.54) is 0 Å². The van der Waals surface area contributed by atoms with Gasteiger partial charge in [0.1, 0.15) is 0 Å². The molecule has 1 fully saturated rings. The third kappa shape index (κ3) is 3.69. The molecule has 102 valence electrons. The van der Waals surface area contributed by atoms with Crippen LogP contribution in [0.25, 0.3) is 0 Å². The van der Waals surface area contributed by atoms with Crippen LogP contribution in [0, 0.1) is 5.92 Å². The van der Waals surface area contributed by atoms with E-state index in [2.05, 4.69) is 15.5 Å². The first-order valence-electron chi connectivity index (χ1n) is 6.06. The number of nitrogens with zero attached hydrogens (tertiary/aromatic N) is 2. The fraction of sp³-hybridized carbons (Fsp3) is 0.385. The molecule has 2 aromatic rings. The van der Waals surface area contributed by atoms with Gasteiger partial charge in [-0.25, -0.2) is 0 Å². The Morgan fingerprint density at radius 1 is 1.26 bits per heavy atom. The molecule has 1 aliphatic rings. The lowest BCUT2D eigenvalue weighted by Crippen LogP contribution is -2.43. The van der Waals surface area contributed by atoms with Gasteiger partial charge in [0.25, 0.3) is 0 Å². The van der Waals surface area contributed by atoms with E-state index in [4.69, 9.17) is 16.1 Å². The lowest BCUT2D eigenvalue weighted by Gasteiger charge is -2.25. The summed E-state index contributed by atoms with van der Waals surface area (Å²) in [6.07, 6.45) is 1.56. The van der Waals surface area contributed by atoms with Crippen LogP contribution in [0.1, 0.15) is 17.3 Å². The molecule has 3 rings (SSSR count). The maximum atomic E-state index is 5.84. The SMILES string of the molecule is Cl.Clc1ccc(Cc2noc(CC3CNC3)n2)cc1. The smallest absolute Gasteiger partial charge is 0.227 e. The molecule has 0 aliphatic carbocycles. The van der Waals surface area contributed by atoms with Crippen molar-refractivity contribution in [2.45, 2.75) is 12.8 Å². The van der Waals surface area contributed by atoms with Crippen LogP contribution in [-0.2, 0) is 12.8 Å². The topological polar surface area (TPSA) is 51.0 Å². The van der Waals surface area contributed by atoms with Crippen LogP contribution in [0.2, 0.25) is 5.02 Å². The summed E-state index contributed by atoms with van der Waals surface area (Å²) in [7, 11) is 0. The van der Waals surface area contributed by atoms with Gasteiger partial charge in [-0.05, 0) is 36.7 Å². The molecule has 0 bridgehead atoms. The van der Waals surface area contributed by atoms with E-state index >= 15 is 0 Å². The van der Waals surface area contributed by atoms with Crippen molar-refractivity contribution in [3.05, 3.63) is 46.6 Å². The molecule has 1 aromatic carbocycles. The lowest BCUT2D eigenvalue weighted by atomic mass is 10.00. The highest BCUT2D eigenvalue weighted by Crippen LogP contribution is 2.14. The zero-order valence-corrected chi connectivity index (χ0v) is 11.9. The number of rotatable bonds is 4. The maximum absolute atomic E-state index is 5.84. The molecule has 0 spiro atoms. The van der Waals surface area contributed by atoms with Gasteiger partial charge in [-0.2, -0.15) is 4.98 Å². The van der Waals surface area contributed by atoms with Gasteiger partial charge in [-0.15, -0.1) is 12.4 Å². The predicted octanol–water partition coefficient (Wildman–Crippen LogP) is 2.50. The summed E-state index contributed by atoms with van der Waals surface area (Å²) >= 11 is 5.84. The van der Waals surface area contributed by atoms with E-state index in [1.807, 2.05) is 24.3 Å². The van der Waals surface area contributed by atoms with Crippen LogP contribution in [-0.4, -0.2) is 23.2 Å². The molecule has 1 aliphatic heterocycles. The molecule has 0 amide bonds. The Bertz CT molecular complexity index is 523. The van der Waals surface area contributed by atoms with Crippen LogP contribution in [0.5, 0.6) is 0 Å². The number of aromatic nitrogens is 2. The van der Waals surface area contributed by atoms with E-state index in [0.717, 1.165) is 41.8 Å². The quantitative estimate of drug-likeness (QED) is 0.942. The highest BCUT2D eigenvalue weighted by molar-refractivity contribution is 6.30. The predicted molar refractivity (Wildman–Crippen MR) is 75.9 cm³/mol. The molecule has 0 atom stereocenters.